The van der Waals surface area contributed by atoms with Crippen molar-refractivity contribution in [1.82, 2.24) is 10.3 Å². The minimum Gasteiger partial charge on any atom is -0.464 e. The Morgan fingerprint density at radius 2 is 2.40 bits per heavy atom. The third-order valence-corrected chi connectivity index (χ3v) is 3.37. The summed E-state index contributed by atoms with van der Waals surface area (Å²) in [6, 6.07) is 5.69. The zero-order valence-electron chi connectivity index (χ0n) is 11.0. The van der Waals surface area contributed by atoms with Crippen molar-refractivity contribution in [3.05, 3.63) is 42.4 Å². The predicted molar refractivity (Wildman–Crippen MR) is 72.7 cm³/mol. The first-order chi connectivity index (χ1) is 9.83. The SMILES string of the molecule is O=C(NCc1cncc(-c2ccco2)c1)C1CCOC1. The maximum atomic E-state index is 11.9. The van der Waals surface area contributed by atoms with E-state index in [0.29, 0.717) is 19.8 Å². The van der Waals surface area contributed by atoms with E-state index in [2.05, 4.69) is 10.3 Å². The Balaban J connectivity index is 1.63. The van der Waals surface area contributed by atoms with Crippen LogP contribution in [0.15, 0.2) is 41.3 Å². The monoisotopic (exact) mass is 272 g/mol. The third kappa shape index (κ3) is 2.88. The van der Waals surface area contributed by atoms with E-state index < -0.39 is 0 Å². The van der Waals surface area contributed by atoms with Gasteiger partial charge in [-0.15, -0.1) is 0 Å². The average molecular weight is 272 g/mol. The van der Waals surface area contributed by atoms with E-state index in [9.17, 15) is 4.79 Å². The molecule has 0 saturated carbocycles. The van der Waals surface area contributed by atoms with Crippen molar-refractivity contribution < 1.29 is 13.9 Å². The molecule has 1 saturated heterocycles. The molecule has 0 aromatic carbocycles. The van der Waals surface area contributed by atoms with Crippen LogP contribution in [0.1, 0.15) is 12.0 Å². The van der Waals surface area contributed by atoms with Gasteiger partial charge in [-0.1, -0.05) is 0 Å². The molecule has 0 aliphatic carbocycles. The van der Waals surface area contributed by atoms with E-state index in [1.165, 1.54) is 0 Å². The van der Waals surface area contributed by atoms with Crippen LogP contribution < -0.4 is 5.32 Å². The van der Waals surface area contributed by atoms with Crippen LogP contribution in [-0.4, -0.2) is 24.1 Å². The van der Waals surface area contributed by atoms with Crippen LogP contribution in [0.2, 0.25) is 0 Å². The standard InChI is InChI=1S/C15H16N2O3/c18-15(12-3-5-19-10-12)17-8-11-6-13(9-16-7-11)14-2-1-4-20-14/h1-2,4,6-7,9,12H,3,5,8,10H2,(H,17,18). The van der Waals surface area contributed by atoms with E-state index >= 15 is 0 Å². The average Bonchev–Trinajstić information content (AvgIpc) is 3.17. The summed E-state index contributed by atoms with van der Waals surface area (Å²) >= 11 is 0. The number of carbonyl (C=O) groups is 1. The number of aromatic nitrogens is 1. The summed E-state index contributed by atoms with van der Waals surface area (Å²) in [4.78, 5) is 16.1. The number of nitrogens with one attached hydrogen (secondary N) is 1. The highest BCUT2D eigenvalue weighted by Crippen LogP contribution is 2.19. The highest BCUT2D eigenvalue weighted by Gasteiger charge is 2.22. The number of ether oxygens (including phenoxy) is 1. The molecule has 1 aliphatic rings. The molecule has 1 amide bonds. The van der Waals surface area contributed by atoms with Crippen molar-refractivity contribution in [2.75, 3.05) is 13.2 Å². The lowest BCUT2D eigenvalue weighted by atomic mass is 10.1. The summed E-state index contributed by atoms with van der Waals surface area (Å²) in [6.45, 7) is 1.67. The molecule has 104 valence electrons. The van der Waals surface area contributed by atoms with Gasteiger partial charge in [-0.2, -0.15) is 0 Å². The van der Waals surface area contributed by atoms with Gasteiger partial charge in [0.1, 0.15) is 5.76 Å². The van der Waals surface area contributed by atoms with Crippen molar-refractivity contribution in [2.45, 2.75) is 13.0 Å². The van der Waals surface area contributed by atoms with E-state index in [4.69, 9.17) is 9.15 Å². The lowest BCUT2D eigenvalue weighted by molar-refractivity contribution is -0.125. The van der Waals surface area contributed by atoms with Crippen molar-refractivity contribution in [1.29, 1.82) is 0 Å². The summed E-state index contributed by atoms with van der Waals surface area (Å²) in [7, 11) is 0. The van der Waals surface area contributed by atoms with Crippen molar-refractivity contribution in [3.8, 4) is 11.3 Å². The minimum atomic E-state index is -0.0174. The summed E-state index contributed by atoms with van der Waals surface area (Å²) in [5.41, 5.74) is 1.86. The van der Waals surface area contributed by atoms with Gasteiger partial charge in [-0.05, 0) is 30.2 Å². The van der Waals surface area contributed by atoms with Crippen LogP contribution in [0.4, 0.5) is 0 Å². The van der Waals surface area contributed by atoms with Gasteiger partial charge in [0.25, 0.3) is 0 Å². The Morgan fingerprint density at radius 3 is 3.15 bits per heavy atom. The molecule has 20 heavy (non-hydrogen) atoms. The zero-order chi connectivity index (χ0) is 13.8. The smallest absolute Gasteiger partial charge is 0.225 e. The van der Waals surface area contributed by atoms with Gasteiger partial charge in [0.05, 0.1) is 18.8 Å². The lowest BCUT2D eigenvalue weighted by Crippen LogP contribution is -2.30. The number of furan rings is 1. The maximum Gasteiger partial charge on any atom is 0.225 e. The molecule has 1 atom stereocenters. The topological polar surface area (TPSA) is 64.4 Å². The van der Waals surface area contributed by atoms with Gasteiger partial charge in [0.2, 0.25) is 5.91 Å². The number of hydrogen-bond donors (Lipinski definition) is 1. The molecule has 3 heterocycles. The molecule has 0 spiro atoms. The first kappa shape index (κ1) is 12.9. The Kier molecular flexibility index (Phi) is 3.78. The first-order valence-electron chi connectivity index (χ1n) is 6.66. The zero-order valence-corrected chi connectivity index (χ0v) is 11.0. The highest BCUT2D eigenvalue weighted by molar-refractivity contribution is 5.79. The number of nitrogens with zero attached hydrogens (tertiary/aromatic N) is 1. The molecule has 2 aromatic heterocycles. The van der Waals surface area contributed by atoms with E-state index in [0.717, 1.165) is 23.3 Å². The van der Waals surface area contributed by atoms with Crippen LogP contribution in [0, 0.1) is 5.92 Å². The highest BCUT2D eigenvalue weighted by atomic mass is 16.5. The van der Waals surface area contributed by atoms with E-state index in [1.54, 1.807) is 18.7 Å². The molecule has 3 rings (SSSR count). The third-order valence-electron chi connectivity index (χ3n) is 3.37. The van der Waals surface area contributed by atoms with Gasteiger partial charge >= 0.3 is 0 Å². The molecule has 1 N–H and O–H groups in total. The van der Waals surface area contributed by atoms with Crippen molar-refractivity contribution in [3.63, 3.8) is 0 Å². The molecule has 5 heteroatoms. The summed E-state index contributed by atoms with van der Waals surface area (Å²) in [6.07, 6.45) is 5.92. The summed E-state index contributed by atoms with van der Waals surface area (Å²) in [5, 5.41) is 2.92. The number of hydrogen-bond acceptors (Lipinski definition) is 4. The fraction of sp³-hybridized carbons (Fsp3) is 0.333. The van der Waals surface area contributed by atoms with Crippen LogP contribution in [0.5, 0.6) is 0 Å². The molecule has 2 aromatic rings. The molecule has 5 nitrogen and oxygen atoms in total. The van der Waals surface area contributed by atoms with E-state index in [-0.39, 0.29) is 11.8 Å². The van der Waals surface area contributed by atoms with Gasteiger partial charge < -0.3 is 14.5 Å². The van der Waals surface area contributed by atoms with Crippen LogP contribution in [0.25, 0.3) is 11.3 Å². The van der Waals surface area contributed by atoms with Crippen LogP contribution >= 0.6 is 0 Å². The second-order valence-corrected chi connectivity index (χ2v) is 4.84. The van der Waals surface area contributed by atoms with Crippen LogP contribution in [-0.2, 0) is 16.1 Å². The molecule has 0 bridgehead atoms. The fourth-order valence-electron chi connectivity index (χ4n) is 2.24. The van der Waals surface area contributed by atoms with Crippen LogP contribution in [0.3, 0.4) is 0 Å². The summed E-state index contributed by atoms with van der Waals surface area (Å²) in [5.74, 6) is 0.803. The molecule has 0 radical (unpaired) electrons. The van der Waals surface area contributed by atoms with Gasteiger partial charge in [0, 0.05) is 31.1 Å². The Morgan fingerprint density at radius 1 is 1.45 bits per heavy atom. The second kappa shape index (κ2) is 5.88. The normalized spacial score (nSPS) is 18.1. The Hall–Kier alpha value is -2.14. The van der Waals surface area contributed by atoms with E-state index in [1.807, 2.05) is 18.2 Å². The molecule has 1 aliphatic heterocycles. The number of rotatable bonds is 4. The molecular weight excluding hydrogens is 256 g/mol. The maximum absolute atomic E-state index is 11.9. The predicted octanol–water partition coefficient (Wildman–Crippen LogP) is 1.99. The van der Waals surface area contributed by atoms with Crippen molar-refractivity contribution >= 4 is 5.91 Å². The minimum absolute atomic E-state index is 0.0174. The number of pyridine rings is 1. The molecular formula is C15H16N2O3. The lowest BCUT2D eigenvalue weighted by Gasteiger charge is -2.09. The van der Waals surface area contributed by atoms with Gasteiger partial charge in [-0.3, -0.25) is 9.78 Å². The Bertz CT molecular complexity index is 575. The molecule has 1 unspecified atom stereocenters. The van der Waals surface area contributed by atoms with Gasteiger partial charge in [0.15, 0.2) is 0 Å². The van der Waals surface area contributed by atoms with Gasteiger partial charge in [-0.25, -0.2) is 0 Å². The van der Waals surface area contributed by atoms with Crippen molar-refractivity contribution in [2.24, 2.45) is 5.92 Å². The fourth-order valence-corrected chi connectivity index (χ4v) is 2.24. The summed E-state index contributed by atoms with van der Waals surface area (Å²) < 4.78 is 10.6. The largest absolute Gasteiger partial charge is 0.464 e. The Labute approximate surface area is 117 Å². The molecule has 1 fully saturated rings. The number of carbonyl (C=O) groups excluding carboxylic acids is 1. The second-order valence-electron chi connectivity index (χ2n) is 4.84. The number of amides is 1. The quantitative estimate of drug-likeness (QED) is 0.924. The first-order valence-corrected chi connectivity index (χ1v) is 6.66.